The largest absolute Gasteiger partial charge is 0.397 e. The standard InChI is InChI=1S/C23H26N4O2S/c1-23(2)12-15-16(13-29-23)20(27-10-6-7-11-27)26-22-17(15)18(24)19(30-22)21(28)25-14-8-4-3-5-9-14/h3-5,8-9H,6-7,10-13,24H2,1-2H3,(H,25,28)/p+1. The molecule has 3 aromatic rings. The average molecular weight is 424 g/mol. The van der Waals surface area contributed by atoms with E-state index in [1.54, 1.807) is 0 Å². The number of pyridine rings is 1. The Morgan fingerprint density at radius 3 is 2.67 bits per heavy atom. The van der Waals surface area contributed by atoms with Crippen LogP contribution in [-0.2, 0) is 17.8 Å². The lowest BCUT2D eigenvalue weighted by molar-refractivity contribution is -0.328. The van der Waals surface area contributed by atoms with Crippen molar-refractivity contribution >= 4 is 44.7 Å². The van der Waals surface area contributed by atoms with Crippen LogP contribution in [0.25, 0.3) is 10.2 Å². The third-order valence-electron chi connectivity index (χ3n) is 6.00. The number of anilines is 3. The molecular weight excluding hydrogens is 396 g/mol. The van der Waals surface area contributed by atoms with Gasteiger partial charge in [-0.2, -0.15) is 0 Å². The van der Waals surface area contributed by atoms with Crippen LogP contribution in [0.4, 0.5) is 17.2 Å². The van der Waals surface area contributed by atoms with E-state index >= 15 is 0 Å². The number of aromatic nitrogens is 1. The Morgan fingerprint density at radius 2 is 1.93 bits per heavy atom. The van der Waals surface area contributed by atoms with E-state index in [9.17, 15) is 4.79 Å². The predicted octanol–water partition coefficient (Wildman–Crippen LogP) is 4.00. The quantitative estimate of drug-likeness (QED) is 0.667. The minimum atomic E-state index is -0.260. The monoisotopic (exact) mass is 423 g/mol. The number of aromatic amines is 1. The normalized spacial score (nSPS) is 17.9. The van der Waals surface area contributed by atoms with Crippen LogP contribution in [-0.4, -0.2) is 24.6 Å². The van der Waals surface area contributed by atoms with Crippen LogP contribution >= 0.6 is 11.3 Å². The van der Waals surface area contributed by atoms with Crippen LogP contribution in [0.2, 0.25) is 0 Å². The maximum atomic E-state index is 13.0. The van der Waals surface area contributed by atoms with Gasteiger partial charge >= 0.3 is 0 Å². The number of rotatable bonds is 3. The van der Waals surface area contributed by atoms with Crippen molar-refractivity contribution in [1.82, 2.24) is 0 Å². The first kappa shape index (κ1) is 19.3. The molecule has 30 heavy (non-hydrogen) atoms. The lowest BCUT2D eigenvalue weighted by Gasteiger charge is -2.32. The molecule has 1 saturated heterocycles. The molecule has 0 spiro atoms. The summed E-state index contributed by atoms with van der Waals surface area (Å²) >= 11 is 1.44. The molecule has 156 valence electrons. The number of fused-ring (bicyclic) bond motifs is 3. The second-order valence-corrected chi connectivity index (χ2v) is 9.74. The van der Waals surface area contributed by atoms with E-state index in [-0.39, 0.29) is 11.5 Å². The molecule has 1 aromatic carbocycles. The molecule has 0 radical (unpaired) electrons. The highest BCUT2D eigenvalue weighted by atomic mass is 32.1. The number of para-hydroxylation sites is 1. The lowest BCUT2D eigenvalue weighted by Crippen LogP contribution is -2.36. The summed E-state index contributed by atoms with van der Waals surface area (Å²) in [6.45, 7) is 6.86. The second-order valence-electron chi connectivity index (χ2n) is 8.72. The van der Waals surface area contributed by atoms with Crippen molar-refractivity contribution < 1.29 is 14.5 Å². The Hall–Kier alpha value is -2.64. The maximum absolute atomic E-state index is 13.0. The summed E-state index contributed by atoms with van der Waals surface area (Å²) in [4.78, 5) is 20.5. The first-order valence-corrected chi connectivity index (χ1v) is 11.3. The Bertz CT molecular complexity index is 1120. The number of nitrogens with zero attached hydrogens (tertiary/aromatic N) is 1. The van der Waals surface area contributed by atoms with Gasteiger partial charge in [-0.3, -0.25) is 9.69 Å². The number of ether oxygens (including phenoxy) is 1. The highest BCUT2D eigenvalue weighted by Crippen LogP contribution is 2.42. The van der Waals surface area contributed by atoms with E-state index < -0.39 is 0 Å². The van der Waals surface area contributed by atoms with Gasteiger partial charge in [0.25, 0.3) is 11.7 Å². The number of carbonyl (C=O) groups excluding carboxylic acids is 1. The summed E-state index contributed by atoms with van der Waals surface area (Å²) in [5, 5.41) is 3.95. The number of thiophene rings is 1. The van der Waals surface area contributed by atoms with Gasteiger partial charge in [0.15, 0.2) is 4.83 Å². The second kappa shape index (κ2) is 7.25. The summed E-state index contributed by atoms with van der Waals surface area (Å²) in [5.74, 6) is 0.956. The number of amides is 1. The highest BCUT2D eigenvalue weighted by molar-refractivity contribution is 7.21. The number of nitrogen functional groups attached to an aromatic ring is 1. The van der Waals surface area contributed by atoms with Crippen LogP contribution in [0.15, 0.2) is 30.3 Å². The zero-order valence-corrected chi connectivity index (χ0v) is 18.2. The molecule has 2 aliphatic heterocycles. The van der Waals surface area contributed by atoms with Gasteiger partial charge in [0.1, 0.15) is 4.88 Å². The van der Waals surface area contributed by atoms with Crippen molar-refractivity contribution in [3.63, 3.8) is 0 Å². The minimum Gasteiger partial charge on any atom is -0.397 e. The molecule has 2 aromatic heterocycles. The van der Waals surface area contributed by atoms with Crippen LogP contribution in [0.1, 0.15) is 47.5 Å². The molecule has 4 N–H and O–H groups in total. The number of nitrogens with two attached hydrogens (primary N) is 1. The van der Waals surface area contributed by atoms with Gasteiger partial charge in [0, 0.05) is 12.1 Å². The SMILES string of the molecule is CC1(C)Cc2c(c(N3CCCC3)[nH+]c3sc(C(=O)Nc4ccccc4)c(N)c23)CO1. The Morgan fingerprint density at radius 1 is 1.20 bits per heavy atom. The van der Waals surface area contributed by atoms with Gasteiger partial charge in [-0.15, -0.1) is 0 Å². The van der Waals surface area contributed by atoms with Crippen LogP contribution in [0, 0.1) is 0 Å². The number of H-pyrrole nitrogens is 1. The van der Waals surface area contributed by atoms with Crippen LogP contribution in [0.3, 0.4) is 0 Å². The van der Waals surface area contributed by atoms with Gasteiger partial charge in [-0.25, -0.2) is 4.98 Å². The molecule has 6 nitrogen and oxygen atoms in total. The van der Waals surface area contributed by atoms with Gasteiger partial charge in [-0.1, -0.05) is 29.5 Å². The van der Waals surface area contributed by atoms with E-state index in [4.69, 9.17) is 10.5 Å². The molecule has 4 heterocycles. The Kier molecular flexibility index (Phi) is 4.67. The van der Waals surface area contributed by atoms with Crippen molar-refractivity contribution in [1.29, 1.82) is 0 Å². The van der Waals surface area contributed by atoms with E-state index in [0.717, 1.165) is 41.2 Å². The Balaban J connectivity index is 1.63. The van der Waals surface area contributed by atoms with Gasteiger partial charge in [0.05, 0.1) is 41.9 Å². The molecule has 0 aliphatic carbocycles. The summed E-state index contributed by atoms with van der Waals surface area (Å²) in [7, 11) is 0. The van der Waals surface area contributed by atoms with E-state index in [1.165, 1.54) is 35.3 Å². The number of hydrogen-bond donors (Lipinski definition) is 2. The first-order chi connectivity index (χ1) is 14.4. The van der Waals surface area contributed by atoms with Gasteiger partial charge < -0.3 is 15.8 Å². The molecule has 0 unspecified atom stereocenters. The summed E-state index contributed by atoms with van der Waals surface area (Å²) < 4.78 is 6.15. The zero-order valence-electron chi connectivity index (χ0n) is 17.4. The number of benzene rings is 1. The maximum Gasteiger partial charge on any atom is 0.281 e. The third kappa shape index (κ3) is 3.32. The number of carbonyl (C=O) groups is 1. The smallest absolute Gasteiger partial charge is 0.281 e. The predicted molar refractivity (Wildman–Crippen MR) is 121 cm³/mol. The first-order valence-electron chi connectivity index (χ1n) is 10.5. The molecule has 2 aliphatic rings. The number of nitrogens with one attached hydrogen (secondary N) is 2. The van der Waals surface area contributed by atoms with E-state index in [0.29, 0.717) is 17.2 Å². The van der Waals surface area contributed by atoms with E-state index in [1.807, 2.05) is 30.3 Å². The minimum absolute atomic E-state index is 0.170. The fourth-order valence-electron chi connectivity index (χ4n) is 4.49. The van der Waals surface area contributed by atoms with Crippen molar-refractivity contribution in [2.45, 2.75) is 45.3 Å². The highest BCUT2D eigenvalue weighted by Gasteiger charge is 2.37. The van der Waals surface area contributed by atoms with Crippen LogP contribution in [0.5, 0.6) is 0 Å². The summed E-state index contributed by atoms with van der Waals surface area (Å²) in [6, 6.07) is 9.48. The summed E-state index contributed by atoms with van der Waals surface area (Å²) in [5.41, 5.74) is 10.0. The third-order valence-corrected chi connectivity index (χ3v) is 7.12. The van der Waals surface area contributed by atoms with Gasteiger partial charge in [-0.05, 0) is 44.4 Å². The average Bonchev–Trinajstić information content (AvgIpc) is 3.35. The van der Waals surface area contributed by atoms with E-state index in [2.05, 4.69) is 29.0 Å². The molecule has 7 heteroatoms. The molecule has 1 fully saturated rings. The molecular formula is C23H27N4O2S+. The lowest BCUT2D eigenvalue weighted by atomic mass is 9.90. The Labute approximate surface area is 180 Å². The van der Waals surface area contributed by atoms with Crippen molar-refractivity contribution in [3.05, 3.63) is 46.3 Å². The molecule has 0 saturated carbocycles. The zero-order chi connectivity index (χ0) is 20.9. The van der Waals surface area contributed by atoms with Crippen molar-refractivity contribution in [2.24, 2.45) is 0 Å². The molecule has 1 amide bonds. The molecule has 0 bridgehead atoms. The van der Waals surface area contributed by atoms with Crippen LogP contribution < -0.4 is 20.9 Å². The van der Waals surface area contributed by atoms with Gasteiger partial charge in [0.2, 0.25) is 0 Å². The fraction of sp³-hybridized carbons (Fsp3) is 0.391. The summed E-state index contributed by atoms with van der Waals surface area (Å²) in [6.07, 6.45) is 3.17. The molecule has 5 rings (SSSR count). The van der Waals surface area contributed by atoms with Crippen molar-refractivity contribution in [3.8, 4) is 0 Å². The topological polar surface area (TPSA) is 81.7 Å². The van der Waals surface area contributed by atoms with Crippen molar-refractivity contribution in [2.75, 3.05) is 29.0 Å². The number of hydrogen-bond acceptors (Lipinski definition) is 5. The fourth-order valence-corrected chi connectivity index (χ4v) is 5.53. The molecule has 0 atom stereocenters.